The summed E-state index contributed by atoms with van der Waals surface area (Å²) in [6.45, 7) is 6.16. The number of carbonyl (C=O) groups is 1. The molecule has 1 unspecified atom stereocenters. The Morgan fingerprint density at radius 2 is 1.46 bits per heavy atom. The summed E-state index contributed by atoms with van der Waals surface area (Å²) in [5.41, 5.74) is 7.03. The first-order valence-electron chi connectivity index (χ1n) is 9.53. The van der Waals surface area contributed by atoms with E-state index in [2.05, 4.69) is 42.6 Å². The van der Waals surface area contributed by atoms with Gasteiger partial charge in [0.1, 0.15) is 5.70 Å². The molecule has 28 heavy (non-hydrogen) atoms. The number of anilines is 2. The van der Waals surface area contributed by atoms with Crippen LogP contribution in [0.3, 0.4) is 0 Å². The van der Waals surface area contributed by atoms with Gasteiger partial charge in [-0.15, -0.1) is 0 Å². The van der Waals surface area contributed by atoms with E-state index < -0.39 is 0 Å². The molecule has 3 nitrogen and oxygen atoms in total. The van der Waals surface area contributed by atoms with Gasteiger partial charge in [-0.2, -0.15) is 0 Å². The molecule has 3 aromatic rings. The highest BCUT2D eigenvalue weighted by molar-refractivity contribution is 6.11. The molecular weight excluding hydrogens is 344 g/mol. The van der Waals surface area contributed by atoms with Crippen molar-refractivity contribution in [2.45, 2.75) is 26.8 Å². The van der Waals surface area contributed by atoms with Gasteiger partial charge >= 0.3 is 0 Å². The van der Waals surface area contributed by atoms with Gasteiger partial charge in [-0.05, 0) is 67.8 Å². The van der Waals surface area contributed by atoms with Crippen LogP contribution in [-0.4, -0.2) is 5.91 Å². The maximum absolute atomic E-state index is 13.4. The molecule has 0 spiro atoms. The molecule has 4 rings (SSSR count). The number of hydrogen-bond acceptors (Lipinski definition) is 2. The molecule has 1 aliphatic rings. The van der Waals surface area contributed by atoms with E-state index in [0.29, 0.717) is 5.70 Å². The lowest BCUT2D eigenvalue weighted by Gasteiger charge is -2.25. The first kappa shape index (κ1) is 18.1. The summed E-state index contributed by atoms with van der Waals surface area (Å²) in [5.74, 6) is -0.0160. The predicted octanol–water partition coefficient (Wildman–Crippen LogP) is 5.70. The molecule has 0 bridgehead atoms. The van der Waals surface area contributed by atoms with Crippen molar-refractivity contribution in [2.75, 3.05) is 10.2 Å². The number of nitrogens with one attached hydrogen (secondary N) is 1. The lowest BCUT2D eigenvalue weighted by atomic mass is 10.0. The van der Waals surface area contributed by atoms with Crippen LogP contribution in [0.15, 0.2) is 84.6 Å². The summed E-state index contributed by atoms with van der Waals surface area (Å²) >= 11 is 0. The maximum Gasteiger partial charge on any atom is 0.275 e. The molecule has 3 heteroatoms. The minimum Gasteiger partial charge on any atom is -0.351 e. The van der Waals surface area contributed by atoms with Crippen LogP contribution in [0.4, 0.5) is 11.4 Å². The van der Waals surface area contributed by atoms with Crippen molar-refractivity contribution < 1.29 is 4.79 Å². The molecule has 1 N–H and O–H groups in total. The smallest absolute Gasteiger partial charge is 0.275 e. The molecular formula is C25H24N2O. The topological polar surface area (TPSA) is 32.3 Å². The second kappa shape index (κ2) is 7.35. The Morgan fingerprint density at radius 1 is 0.786 bits per heavy atom. The second-order valence-electron chi connectivity index (χ2n) is 7.44. The standard InChI is InChI=1S/C25H24N2O/c1-17-10-12-20(13-11-17)24-16-23(26-21-8-4-6-18(2)14-21)25(28)27(24)22-9-5-7-19(3)15-22/h4-16,24,26H,1-3H3. The van der Waals surface area contributed by atoms with Gasteiger partial charge < -0.3 is 5.32 Å². The third-order valence-corrected chi connectivity index (χ3v) is 5.05. The summed E-state index contributed by atoms with van der Waals surface area (Å²) in [5, 5.41) is 3.33. The van der Waals surface area contributed by atoms with Crippen LogP contribution in [-0.2, 0) is 4.79 Å². The molecule has 0 fully saturated rings. The molecule has 140 valence electrons. The van der Waals surface area contributed by atoms with Crippen LogP contribution in [0, 0.1) is 20.8 Å². The third-order valence-electron chi connectivity index (χ3n) is 5.05. The summed E-state index contributed by atoms with van der Waals surface area (Å²) in [6, 6.07) is 24.4. The van der Waals surface area contributed by atoms with E-state index in [0.717, 1.165) is 28.1 Å². The Kier molecular flexibility index (Phi) is 4.74. The second-order valence-corrected chi connectivity index (χ2v) is 7.44. The minimum absolute atomic E-state index is 0.0160. The third kappa shape index (κ3) is 3.56. The molecule has 0 saturated heterocycles. The van der Waals surface area contributed by atoms with Crippen LogP contribution < -0.4 is 10.2 Å². The number of rotatable bonds is 4. The zero-order chi connectivity index (χ0) is 19.7. The Labute approximate surface area is 166 Å². The number of benzene rings is 3. The van der Waals surface area contributed by atoms with Crippen molar-refractivity contribution in [3.05, 3.63) is 107 Å². The highest BCUT2D eigenvalue weighted by Crippen LogP contribution is 2.36. The van der Waals surface area contributed by atoms with E-state index in [1.807, 2.05) is 67.3 Å². The highest BCUT2D eigenvalue weighted by atomic mass is 16.2. The molecule has 1 atom stereocenters. The van der Waals surface area contributed by atoms with Crippen LogP contribution in [0.1, 0.15) is 28.3 Å². The van der Waals surface area contributed by atoms with Gasteiger partial charge in [0.25, 0.3) is 5.91 Å². The van der Waals surface area contributed by atoms with Gasteiger partial charge in [0, 0.05) is 11.4 Å². The van der Waals surface area contributed by atoms with Crippen molar-refractivity contribution in [2.24, 2.45) is 0 Å². The SMILES string of the molecule is Cc1ccc(C2C=C(Nc3cccc(C)c3)C(=O)N2c2cccc(C)c2)cc1. The summed E-state index contributed by atoms with van der Waals surface area (Å²) in [6.07, 6.45) is 2.03. The number of carbonyl (C=O) groups excluding carboxylic acids is 1. The highest BCUT2D eigenvalue weighted by Gasteiger charge is 2.34. The van der Waals surface area contributed by atoms with Gasteiger partial charge in [0.05, 0.1) is 6.04 Å². The molecule has 0 radical (unpaired) electrons. The van der Waals surface area contributed by atoms with Gasteiger partial charge in [-0.25, -0.2) is 0 Å². The zero-order valence-corrected chi connectivity index (χ0v) is 16.4. The van der Waals surface area contributed by atoms with Crippen molar-refractivity contribution in [3.63, 3.8) is 0 Å². The Morgan fingerprint density at radius 3 is 2.14 bits per heavy atom. The average Bonchev–Trinajstić information content (AvgIpc) is 2.99. The largest absolute Gasteiger partial charge is 0.351 e. The van der Waals surface area contributed by atoms with E-state index >= 15 is 0 Å². The normalized spacial score (nSPS) is 16.2. The van der Waals surface area contributed by atoms with Crippen LogP contribution in [0.5, 0.6) is 0 Å². The van der Waals surface area contributed by atoms with Crippen molar-refractivity contribution in [1.29, 1.82) is 0 Å². The van der Waals surface area contributed by atoms with Gasteiger partial charge in [-0.3, -0.25) is 9.69 Å². The molecule has 1 heterocycles. The molecule has 1 amide bonds. The van der Waals surface area contributed by atoms with Gasteiger partial charge in [-0.1, -0.05) is 54.1 Å². The van der Waals surface area contributed by atoms with E-state index in [1.165, 1.54) is 5.56 Å². The van der Waals surface area contributed by atoms with Crippen LogP contribution in [0.2, 0.25) is 0 Å². The summed E-state index contributed by atoms with van der Waals surface area (Å²) in [7, 11) is 0. The van der Waals surface area contributed by atoms with Crippen LogP contribution in [0.25, 0.3) is 0 Å². The van der Waals surface area contributed by atoms with Crippen molar-refractivity contribution in [3.8, 4) is 0 Å². The van der Waals surface area contributed by atoms with Crippen molar-refractivity contribution >= 4 is 17.3 Å². The lowest BCUT2D eigenvalue weighted by Crippen LogP contribution is -2.30. The van der Waals surface area contributed by atoms with Gasteiger partial charge in [0.2, 0.25) is 0 Å². The van der Waals surface area contributed by atoms with E-state index in [9.17, 15) is 4.79 Å². The monoisotopic (exact) mass is 368 g/mol. The number of hydrogen-bond donors (Lipinski definition) is 1. The molecule has 0 aliphatic carbocycles. The lowest BCUT2D eigenvalue weighted by molar-refractivity contribution is -0.114. The zero-order valence-electron chi connectivity index (χ0n) is 16.4. The summed E-state index contributed by atoms with van der Waals surface area (Å²) in [4.78, 5) is 15.2. The number of amides is 1. The van der Waals surface area contributed by atoms with Crippen LogP contribution >= 0.6 is 0 Å². The fraction of sp³-hybridized carbons (Fsp3) is 0.160. The Hall–Kier alpha value is -3.33. The fourth-order valence-corrected chi connectivity index (χ4v) is 3.60. The Balaban J connectivity index is 1.74. The van der Waals surface area contributed by atoms with E-state index in [4.69, 9.17) is 0 Å². The molecule has 1 aliphatic heterocycles. The molecule has 3 aromatic carbocycles. The Bertz CT molecular complexity index is 1050. The average molecular weight is 368 g/mol. The number of aryl methyl sites for hydroxylation is 3. The minimum atomic E-state index is -0.137. The van der Waals surface area contributed by atoms with E-state index in [1.54, 1.807) is 0 Å². The predicted molar refractivity (Wildman–Crippen MR) is 115 cm³/mol. The first-order valence-corrected chi connectivity index (χ1v) is 9.53. The molecule has 0 saturated carbocycles. The van der Waals surface area contributed by atoms with Gasteiger partial charge in [0.15, 0.2) is 0 Å². The fourth-order valence-electron chi connectivity index (χ4n) is 3.60. The summed E-state index contributed by atoms with van der Waals surface area (Å²) < 4.78 is 0. The first-order chi connectivity index (χ1) is 13.5. The van der Waals surface area contributed by atoms with E-state index in [-0.39, 0.29) is 11.9 Å². The number of nitrogens with zero attached hydrogens (tertiary/aromatic N) is 1. The molecule has 0 aromatic heterocycles. The maximum atomic E-state index is 13.4. The quantitative estimate of drug-likeness (QED) is 0.641. The van der Waals surface area contributed by atoms with Crippen molar-refractivity contribution in [1.82, 2.24) is 0 Å².